The Morgan fingerprint density at radius 1 is 1.00 bits per heavy atom. The first-order valence-electron chi connectivity index (χ1n) is 5.19. The summed E-state index contributed by atoms with van der Waals surface area (Å²) in [6, 6.07) is 0. The SMILES string of the molecule is CCCCCC[C-](C(=O)OC)C(=O)OC.[Na+]. The molecule has 0 saturated heterocycles. The normalized spacial score (nSPS) is 8.94. The van der Waals surface area contributed by atoms with Gasteiger partial charge in [-0.15, -0.1) is 6.42 Å². The van der Waals surface area contributed by atoms with Gasteiger partial charge in [-0.25, -0.2) is 0 Å². The molecule has 0 aliphatic rings. The van der Waals surface area contributed by atoms with Crippen molar-refractivity contribution in [2.75, 3.05) is 14.2 Å². The molecule has 0 rings (SSSR count). The first kappa shape index (κ1) is 18.2. The van der Waals surface area contributed by atoms with Crippen LogP contribution in [-0.2, 0) is 19.1 Å². The van der Waals surface area contributed by atoms with Gasteiger partial charge in [0.2, 0.25) is 0 Å². The molecule has 0 aromatic rings. The number of ether oxygens (including phenoxy) is 2. The molecule has 0 unspecified atom stereocenters. The fraction of sp³-hybridized carbons (Fsp3) is 0.727. The Morgan fingerprint density at radius 3 is 1.88 bits per heavy atom. The summed E-state index contributed by atoms with van der Waals surface area (Å²) in [7, 11) is 2.52. The van der Waals surface area contributed by atoms with Crippen LogP contribution < -0.4 is 29.6 Å². The van der Waals surface area contributed by atoms with Gasteiger partial charge in [0.15, 0.2) is 11.9 Å². The zero-order chi connectivity index (χ0) is 11.7. The van der Waals surface area contributed by atoms with E-state index in [-0.39, 0.29) is 35.5 Å². The third-order valence-corrected chi connectivity index (χ3v) is 2.14. The number of rotatable bonds is 7. The Balaban J connectivity index is 0. The molecular formula is C11H19NaO4. The largest absolute Gasteiger partial charge is 1.00 e. The topological polar surface area (TPSA) is 52.6 Å². The van der Waals surface area contributed by atoms with Crippen molar-refractivity contribution in [3.63, 3.8) is 0 Å². The Hall–Kier alpha value is -0.190. The molecule has 0 saturated carbocycles. The van der Waals surface area contributed by atoms with Crippen LogP contribution in [0.4, 0.5) is 0 Å². The summed E-state index contributed by atoms with van der Waals surface area (Å²) in [6.07, 6.45) is 4.47. The van der Waals surface area contributed by atoms with Crippen LogP contribution in [0.15, 0.2) is 0 Å². The van der Waals surface area contributed by atoms with Crippen LogP contribution in [0.2, 0.25) is 0 Å². The predicted molar refractivity (Wildman–Crippen MR) is 56.0 cm³/mol. The van der Waals surface area contributed by atoms with E-state index in [4.69, 9.17) is 0 Å². The van der Waals surface area contributed by atoms with Gasteiger partial charge in [-0.3, -0.25) is 9.59 Å². The van der Waals surface area contributed by atoms with Crippen LogP contribution in [-0.4, -0.2) is 26.2 Å². The van der Waals surface area contributed by atoms with Gasteiger partial charge >= 0.3 is 29.6 Å². The van der Waals surface area contributed by atoms with Crippen molar-refractivity contribution < 1.29 is 48.6 Å². The number of carbonyl (C=O) groups is 2. The molecule has 0 aromatic heterocycles. The van der Waals surface area contributed by atoms with Gasteiger partial charge < -0.3 is 9.47 Å². The average molecular weight is 238 g/mol. The number of methoxy groups -OCH3 is 2. The van der Waals surface area contributed by atoms with E-state index in [1.165, 1.54) is 14.2 Å². The van der Waals surface area contributed by atoms with Gasteiger partial charge in [0.25, 0.3) is 0 Å². The third kappa shape index (κ3) is 7.14. The Kier molecular flexibility index (Phi) is 12.8. The van der Waals surface area contributed by atoms with Crippen LogP contribution in [0.5, 0.6) is 0 Å². The number of carbonyl (C=O) groups excluding carboxylic acids is 2. The maximum absolute atomic E-state index is 11.2. The van der Waals surface area contributed by atoms with Gasteiger partial charge in [0.1, 0.15) is 0 Å². The molecule has 0 heterocycles. The molecule has 0 aliphatic heterocycles. The van der Waals surface area contributed by atoms with Crippen molar-refractivity contribution in [3.8, 4) is 0 Å². The minimum atomic E-state index is -0.585. The van der Waals surface area contributed by atoms with E-state index in [2.05, 4.69) is 16.4 Å². The van der Waals surface area contributed by atoms with Crippen LogP contribution in [0.1, 0.15) is 39.0 Å². The molecule has 4 nitrogen and oxygen atoms in total. The Morgan fingerprint density at radius 2 is 1.50 bits per heavy atom. The van der Waals surface area contributed by atoms with E-state index in [1.54, 1.807) is 0 Å². The number of unbranched alkanes of at least 4 members (excludes halogenated alkanes) is 3. The summed E-state index contributed by atoms with van der Waals surface area (Å²) in [5.41, 5.74) is 0. The first-order valence-corrected chi connectivity index (χ1v) is 5.19. The van der Waals surface area contributed by atoms with Crippen molar-refractivity contribution in [1.29, 1.82) is 0 Å². The van der Waals surface area contributed by atoms with E-state index in [0.29, 0.717) is 6.42 Å². The van der Waals surface area contributed by atoms with Crippen LogP contribution >= 0.6 is 0 Å². The number of hydrogen-bond acceptors (Lipinski definition) is 4. The quantitative estimate of drug-likeness (QED) is 0.185. The maximum atomic E-state index is 11.2. The first-order chi connectivity index (χ1) is 7.17. The zero-order valence-corrected chi connectivity index (χ0v) is 12.7. The van der Waals surface area contributed by atoms with Crippen LogP contribution in [0.25, 0.3) is 0 Å². The second-order valence-corrected chi connectivity index (χ2v) is 3.27. The maximum Gasteiger partial charge on any atom is 1.00 e. The number of esters is 2. The molecule has 0 aromatic carbocycles. The molecule has 0 aliphatic carbocycles. The minimum absolute atomic E-state index is 0. The molecule has 0 radical (unpaired) electrons. The predicted octanol–water partition coefficient (Wildman–Crippen LogP) is -1.12. The summed E-state index contributed by atoms with van der Waals surface area (Å²) in [5.74, 6) is -1.06. The summed E-state index contributed by atoms with van der Waals surface area (Å²) in [4.78, 5) is 22.4. The fourth-order valence-electron chi connectivity index (χ4n) is 1.26. The molecule has 0 atom stereocenters. The van der Waals surface area contributed by atoms with E-state index in [1.807, 2.05) is 0 Å². The minimum Gasteiger partial charge on any atom is -0.491 e. The average Bonchev–Trinajstić information content (AvgIpc) is 2.27. The molecule has 0 amide bonds. The molecule has 0 spiro atoms. The standard InChI is InChI=1S/C11H19O4.Na/c1-4-5-6-7-8-9(10(12)14-2)11(13)15-3;/h4-8H2,1-3H3;/q-1;+1. The van der Waals surface area contributed by atoms with Crippen molar-refractivity contribution >= 4 is 11.9 Å². The van der Waals surface area contributed by atoms with E-state index in [9.17, 15) is 9.59 Å². The second-order valence-electron chi connectivity index (χ2n) is 3.27. The van der Waals surface area contributed by atoms with Crippen LogP contribution in [0.3, 0.4) is 0 Å². The Bertz CT molecular complexity index is 190. The second kappa shape index (κ2) is 11.3. The molecule has 16 heavy (non-hydrogen) atoms. The van der Waals surface area contributed by atoms with Crippen molar-refractivity contribution in [2.24, 2.45) is 0 Å². The van der Waals surface area contributed by atoms with Crippen molar-refractivity contribution in [3.05, 3.63) is 5.92 Å². The summed E-state index contributed by atoms with van der Waals surface area (Å²) < 4.78 is 9.03. The monoisotopic (exact) mass is 238 g/mol. The van der Waals surface area contributed by atoms with Crippen LogP contribution in [0, 0.1) is 5.92 Å². The van der Waals surface area contributed by atoms with E-state index < -0.39 is 11.9 Å². The van der Waals surface area contributed by atoms with Crippen molar-refractivity contribution in [2.45, 2.75) is 39.0 Å². The van der Waals surface area contributed by atoms with Crippen molar-refractivity contribution in [1.82, 2.24) is 0 Å². The summed E-state index contributed by atoms with van der Waals surface area (Å²) >= 11 is 0. The smallest absolute Gasteiger partial charge is 0.491 e. The molecule has 0 fully saturated rings. The molecule has 5 heteroatoms. The number of hydrogen-bond donors (Lipinski definition) is 0. The zero-order valence-electron chi connectivity index (χ0n) is 10.7. The molecular weight excluding hydrogens is 219 g/mol. The van der Waals surface area contributed by atoms with Gasteiger partial charge in [0, 0.05) is 0 Å². The molecule has 0 bridgehead atoms. The third-order valence-electron chi connectivity index (χ3n) is 2.14. The van der Waals surface area contributed by atoms with E-state index >= 15 is 0 Å². The molecule has 88 valence electrons. The van der Waals surface area contributed by atoms with Gasteiger partial charge in [0.05, 0.1) is 14.2 Å². The molecule has 0 N–H and O–H groups in total. The van der Waals surface area contributed by atoms with Gasteiger partial charge in [-0.2, -0.15) is 5.92 Å². The van der Waals surface area contributed by atoms with E-state index in [0.717, 1.165) is 25.7 Å². The van der Waals surface area contributed by atoms with Gasteiger partial charge in [-0.05, 0) is 0 Å². The fourth-order valence-corrected chi connectivity index (χ4v) is 1.26. The summed E-state index contributed by atoms with van der Waals surface area (Å²) in [6.45, 7) is 2.10. The Labute approximate surface area is 119 Å². The summed E-state index contributed by atoms with van der Waals surface area (Å²) in [5, 5.41) is 0. The van der Waals surface area contributed by atoms with Gasteiger partial charge in [-0.1, -0.05) is 32.6 Å².